The lowest BCUT2D eigenvalue weighted by atomic mass is 10.1. The standard InChI is InChI=1S/C18H15NO4S/c1-12(16(20)14-8-10-15(24-2)11-9-14)19-23-18(22)17(21)13-6-4-3-5-7-13/h3-11H,1-2H3. The number of ketones is 2. The fraction of sp³-hybridized carbons (Fsp3) is 0.111. The van der Waals surface area contributed by atoms with Crippen molar-refractivity contribution in [1.29, 1.82) is 0 Å². The largest absolute Gasteiger partial charge is 0.405 e. The quantitative estimate of drug-likeness (QED) is 0.201. The summed E-state index contributed by atoms with van der Waals surface area (Å²) >= 11 is 1.56. The predicted octanol–water partition coefficient (Wildman–Crippen LogP) is 3.39. The van der Waals surface area contributed by atoms with Crippen molar-refractivity contribution in [3.05, 3.63) is 65.7 Å². The average molecular weight is 341 g/mol. The van der Waals surface area contributed by atoms with Crippen LogP contribution in [0.5, 0.6) is 0 Å². The Hall–Kier alpha value is -2.73. The van der Waals surface area contributed by atoms with Gasteiger partial charge in [0.05, 0.1) is 0 Å². The maximum Gasteiger partial charge on any atom is 0.405 e. The molecule has 0 aliphatic carbocycles. The molecule has 122 valence electrons. The molecule has 0 amide bonds. The summed E-state index contributed by atoms with van der Waals surface area (Å²) in [5.41, 5.74) is 0.620. The van der Waals surface area contributed by atoms with Crippen molar-refractivity contribution in [2.75, 3.05) is 6.26 Å². The normalized spacial score (nSPS) is 11.0. The van der Waals surface area contributed by atoms with Gasteiger partial charge in [-0.15, -0.1) is 11.8 Å². The van der Waals surface area contributed by atoms with Gasteiger partial charge in [-0.05, 0) is 37.4 Å². The van der Waals surface area contributed by atoms with E-state index in [-0.39, 0.29) is 17.1 Å². The minimum absolute atomic E-state index is 0.0129. The van der Waals surface area contributed by atoms with Crippen molar-refractivity contribution in [2.24, 2.45) is 5.16 Å². The molecule has 0 saturated carbocycles. The second-order valence-electron chi connectivity index (χ2n) is 4.81. The topological polar surface area (TPSA) is 72.8 Å². The molecule has 6 heteroatoms. The molecule has 2 aromatic rings. The molecular weight excluding hydrogens is 326 g/mol. The Bertz CT molecular complexity index is 782. The third kappa shape index (κ3) is 4.39. The monoisotopic (exact) mass is 341 g/mol. The number of hydrogen-bond donors (Lipinski definition) is 0. The van der Waals surface area contributed by atoms with E-state index in [2.05, 4.69) is 9.99 Å². The smallest absolute Gasteiger partial charge is 0.309 e. The molecule has 2 aromatic carbocycles. The molecule has 0 atom stereocenters. The first-order valence-corrected chi connectivity index (χ1v) is 8.29. The Balaban J connectivity index is 2.03. The molecule has 0 aliphatic rings. The first-order chi connectivity index (χ1) is 11.5. The highest BCUT2D eigenvalue weighted by Crippen LogP contribution is 2.15. The van der Waals surface area contributed by atoms with E-state index in [9.17, 15) is 14.4 Å². The van der Waals surface area contributed by atoms with Crippen LogP contribution < -0.4 is 0 Å². The molecule has 5 nitrogen and oxygen atoms in total. The summed E-state index contributed by atoms with van der Waals surface area (Å²) in [7, 11) is 0. The summed E-state index contributed by atoms with van der Waals surface area (Å²) in [5.74, 6) is -2.32. The highest BCUT2D eigenvalue weighted by atomic mass is 32.2. The number of carbonyl (C=O) groups excluding carboxylic acids is 3. The molecule has 0 heterocycles. The SMILES string of the molecule is CSc1ccc(C(=O)C(C)=NOC(=O)C(=O)c2ccccc2)cc1. The van der Waals surface area contributed by atoms with E-state index < -0.39 is 11.8 Å². The lowest BCUT2D eigenvalue weighted by molar-refractivity contribution is -0.138. The van der Waals surface area contributed by atoms with Gasteiger partial charge in [-0.3, -0.25) is 9.59 Å². The number of nitrogens with zero attached hydrogens (tertiary/aromatic N) is 1. The number of benzene rings is 2. The lowest BCUT2D eigenvalue weighted by Gasteiger charge is -2.02. The molecule has 0 saturated heterocycles. The third-order valence-electron chi connectivity index (χ3n) is 3.17. The first kappa shape index (κ1) is 17.6. The van der Waals surface area contributed by atoms with Gasteiger partial charge in [-0.2, -0.15) is 0 Å². The number of rotatable bonds is 6. The number of thioether (sulfide) groups is 1. The van der Waals surface area contributed by atoms with Crippen LogP contribution >= 0.6 is 11.8 Å². The summed E-state index contributed by atoms with van der Waals surface area (Å²) in [6, 6.07) is 15.0. The fourth-order valence-corrected chi connectivity index (χ4v) is 2.26. The van der Waals surface area contributed by atoms with E-state index in [1.54, 1.807) is 42.1 Å². The van der Waals surface area contributed by atoms with Crippen LogP contribution in [0.4, 0.5) is 0 Å². The Kier molecular flexibility index (Phi) is 6.03. The minimum atomic E-state index is -1.13. The van der Waals surface area contributed by atoms with Gasteiger partial charge in [0.25, 0.3) is 5.78 Å². The van der Waals surface area contributed by atoms with Crippen LogP contribution in [0, 0.1) is 0 Å². The fourth-order valence-electron chi connectivity index (χ4n) is 1.85. The van der Waals surface area contributed by atoms with E-state index in [1.807, 2.05) is 18.4 Å². The van der Waals surface area contributed by atoms with Crippen LogP contribution in [0.15, 0.2) is 64.6 Å². The highest BCUT2D eigenvalue weighted by molar-refractivity contribution is 7.98. The van der Waals surface area contributed by atoms with Gasteiger partial charge >= 0.3 is 5.97 Å². The lowest BCUT2D eigenvalue weighted by Crippen LogP contribution is -2.18. The summed E-state index contributed by atoms with van der Waals surface area (Å²) in [5, 5.41) is 3.48. The molecule has 0 N–H and O–H groups in total. The number of hydrogen-bond acceptors (Lipinski definition) is 6. The molecule has 0 fully saturated rings. The minimum Gasteiger partial charge on any atom is -0.309 e. The summed E-state index contributed by atoms with van der Waals surface area (Å²) < 4.78 is 0. The maximum atomic E-state index is 12.2. The third-order valence-corrected chi connectivity index (χ3v) is 3.91. The van der Waals surface area contributed by atoms with Crippen molar-refractivity contribution in [1.82, 2.24) is 0 Å². The second kappa shape index (κ2) is 8.21. The zero-order valence-electron chi connectivity index (χ0n) is 13.2. The summed E-state index contributed by atoms with van der Waals surface area (Å²) in [4.78, 5) is 41.3. The van der Waals surface area contributed by atoms with Gasteiger partial charge in [0.1, 0.15) is 5.71 Å². The predicted molar refractivity (Wildman–Crippen MR) is 92.5 cm³/mol. The molecule has 0 radical (unpaired) electrons. The second-order valence-corrected chi connectivity index (χ2v) is 5.69. The van der Waals surface area contributed by atoms with Crippen molar-refractivity contribution >= 4 is 35.0 Å². The van der Waals surface area contributed by atoms with Crippen LogP contribution in [0.3, 0.4) is 0 Å². The Morgan fingerprint density at radius 1 is 0.875 bits per heavy atom. The van der Waals surface area contributed by atoms with Crippen molar-refractivity contribution in [2.45, 2.75) is 11.8 Å². The van der Waals surface area contributed by atoms with Gasteiger partial charge in [-0.25, -0.2) is 4.79 Å². The van der Waals surface area contributed by atoms with Gasteiger partial charge in [0, 0.05) is 16.0 Å². The zero-order chi connectivity index (χ0) is 17.5. The van der Waals surface area contributed by atoms with Gasteiger partial charge in [-0.1, -0.05) is 35.5 Å². The van der Waals surface area contributed by atoms with Crippen molar-refractivity contribution in [3.63, 3.8) is 0 Å². The van der Waals surface area contributed by atoms with E-state index in [4.69, 9.17) is 0 Å². The molecule has 24 heavy (non-hydrogen) atoms. The van der Waals surface area contributed by atoms with Gasteiger partial charge in [0.2, 0.25) is 5.78 Å². The molecule has 0 aliphatic heterocycles. The van der Waals surface area contributed by atoms with Crippen LogP contribution in [-0.4, -0.2) is 29.5 Å². The first-order valence-electron chi connectivity index (χ1n) is 7.07. The molecule has 0 bridgehead atoms. The number of carbonyl (C=O) groups is 3. The van der Waals surface area contributed by atoms with Crippen LogP contribution in [0.1, 0.15) is 27.6 Å². The molecule has 0 aromatic heterocycles. The molecular formula is C18H15NO4S. The van der Waals surface area contributed by atoms with Crippen LogP contribution in [-0.2, 0) is 9.63 Å². The number of Topliss-reactive ketones (excluding diaryl/α,β-unsaturated/α-hetero) is 2. The highest BCUT2D eigenvalue weighted by Gasteiger charge is 2.19. The zero-order valence-corrected chi connectivity index (χ0v) is 14.0. The van der Waals surface area contributed by atoms with Crippen LogP contribution in [0.2, 0.25) is 0 Å². The van der Waals surface area contributed by atoms with Crippen LogP contribution in [0.25, 0.3) is 0 Å². The molecule has 0 spiro atoms. The average Bonchev–Trinajstić information content (AvgIpc) is 2.65. The van der Waals surface area contributed by atoms with Gasteiger partial charge < -0.3 is 4.84 Å². The maximum absolute atomic E-state index is 12.2. The van der Waals surface area contributed by atoms with Gasteiger partial charge in [0.15, 0.2) is 0 Å². The summed E-state index contributed by atoms with van der Waals surface area (Å²) in [6.07, 6.45) is 1.94. The van der Waals surface area contributed by atoms with E-state index in [0.717, 1.165) is 4.90 Å². The van der Waals surface area contributed by atoms with E-state index >= 15 is 0 Å². The number of oxime groups is 1. The summed E-state index contributed by atoms with van der Waals surface area (Å²) in [6.45, 7) is 1.42. The van der Waals surface area contributed by atoms with E-state index in [0.29, 0.717) is 5.56 Å². The molecule has 2 rings (SSSR count). The van der Waals surface area contributed by atoms with Crippen molar-refractivity contribution < 1.29 is 19.2 Å². The molecule has 0 unspecified atom stereocenters. The Morgan fingerprint density at radius 2 is 1.46 bits per heavy atom. The Morgan fingerprint density at radius 3 is 2.04 bits per heavy atom. The van der Waals surface area contributed by atoms with E-state index in [1.165, 1.54) is 19.1 Å². The van der Waals surface area contributed by atoms with Crippen molar-refractivity contribution in [3.8, 4) is 0 Å². The Labute approximate surface area is 143 Å².